The van der Waals surface area contributed by atoms with Crippen LogP contribution in [0, 0.1) is 5.92 Å². The Labute approximate surface area is 108 Å². The highest BCUT2D eigenvalue weighted by Crippen LogP contribution is 2.21. The summed E-state index contributed by atoms with van der Waals surface area (Å²) in [5.74, 6) is 3.56. The summed E-state index contributed by atoms with van der Waals surface area (Å²) >= 11 is 2.09. The molecule has 2 rings (SSSR count). The average Bonchev–Trinajstić information content (AvgIpc) is 2.79. The molecule has 1 aromatic heterocycles. The molecule has 0 aliphatic carbocycles. The second-order valence-corrected chi connectivity index (χ2v) is 6.29. The van der Waals surface area contributed by atoms with Crippen LogP contribution in [0.5, 0.6) is 0 Å². The van der Waals surface area contributed by atoms with Crippen molar-refractivity contribution in [3.63, 3.8) is 0 Å². The highest BCUT2D eigenvalue weighted by Gasteiger charge is 2.13. The van der Waals surface area contributed by atoms with Gasteiger partial charge in [0.1, 0.15) is 0 Å². The molecule has 17 heavy (non-hydrogen) atoms. The Morgan fingerprint density at radius 2 is 2.24 bits per heavy atom. The van der Waals surface area contributed by atoms with Crippen molar-refractivity contribution in [1.82, 2.24) is 15.1 Å². The number of thioether (sulfide) groups is 1. The molecule has 1 saturated heterocycles. The fourth-order valence-corrected chi connectivity index (χ4v) is 3.32. The standard InChI is InChI=1S/C13H23N3S/c1-11(2)16-6-3-13(15-16)10-14-9-12-4-7-17-8-5-12/h3,6,11-12,14H,4-5,7-10H2,1-2H3. The van der Waals surface area contributed by atoms with Crippen molar-refractivity contribution < 1.29 is 0 Å². The molecule has 0 aromatic carbocycles. The zero-order valence-electron chi connectivity index (χ0n) is 10.9. The van der Waals surface area contributed by atoms with Crippen LogP contribution < -0.4 is 5.32 Å². The van der Waals surface area contributed by atoms with Gasteiger partial charge in [-0.25, -0.2) is 0 Å². The number of nitrogens with zero attached hydrogens (tertiary/aromatic N) is 2. The Morgan fingerprint density at radius 1 is 1.47 bits per heavy atom. The Morgan fingerprint density at radius 3 is 2.88 bits per heavy atom. The first-order valence-electron chi connectivity index (χ1n) is 6.58. The number of nitrogens with one attached hydrogen (secondary N) is 1. The fraction of sp³-hybridized carbons (Fsp3) is 0.769. The Bertz CT molecular complexity index is 329. The van der Waals surface area contributed by atoms with Crippen LogP contribution in [0.3, 0.4) is 0 Å². The van der Waals surface area contributed by atoms with Gasteiger partial charge in [-0.05, 0) is 56.7 Å². The zero-order valence-corrected chi connectivity index (χ0v) is 11.7. The van der Waals surface area contributed by atoms with Gasteiger partial charge in [0.2, 0.25) is 0 Å². The number of hydrogen-bond donors (Lipinski definition) is 1. The first kappa shape index (κ1) is 13.0. The predicted octanol–water partition coefficient (Wildman–Crippen LogP) is 2.70. The van der Waals surface area contributed by atoms with E-state index in [9.17, 15) is 0 Å². The van der Waals surface area contributed by atoms with E-state index in [4.69, 9.17) is 0 Å². The van der Waals surface area contributed by atoms with Crippen molar-refractivity contribution in [2.24, 2.45) is 5.92 Å². The van der Waals surface area contributed by atoms with Crippen molar-refractivity contribution in [3.05, 3.63) is 18.0 Å². The third-order valence-corrected chi connectivity index (χ3v) is 4.32. The summed E-state index contributed by atoms with van der Waals surface area (Å²) < 4.78 is 2.02. The van der Waals surface area contributed by atoms with Gasteiger partial charge in [-0.3, -0.25) is 4.68 Å². The SMILES string of the molecule is CC(C)n1ccc(CNCC2CCSCC2)n1. The second-order valence-electron chi connectivity index (χ2n) is 5.07. The molecule has 1 aromatic rings. The van der Waals surface area contributed by atoms with Crippen LogP contribution in [0.2, 0.25) is 0 Å². The van der Waals surface area contributed by atoms with Crippen LogP contribution in [-0.2, 0) is 6.54 Å². The fourth-order valence-electron chi connectivity index (χ4n) is 2.11. The predicted molar refractivity (Wildman–Crippen MR) is 74.4 cm³/mol. The number of aromatic nitrogens is 2. The normalized spacial score (nSPS) is 17.8. The molecule has 2 heterocycles. The summed E-state index contributed by atoms with van der Waals surface area (Å²) in [6.45, 7) is 6.37. The van der Waals surface area contributed by atoms with Gasteiger partial charge in [0.05, 0.1) is 5.69 Å². The molecule has 0 saturated carbocycles. The topological polar surface area (TPSA) is 29.9 Å². The molecule has 1 fully saturated rings. The molecule has 0 radical (unpaired) electrons. The van der Waals surface area contributed by atoms with Gasteiger partial charge in [-0.1, -0.05) is 0 Å². The molecule has 0 amide bonds. The Kier molecular flexibility index (Phi) is 4.92. The minimum absolute atomic E-state index is 0.458. The quantitative estimate of drug-likeness (QED) is 0.875. The van der Waals surface area contributed by atoms with Crippen LogP contribution in [-0.4, -0.2) is 27.8 Å². The zero-order chi connectivity index (χ0) is 12.1. The monoisotopic (exact) mass is 253 g/mol. The average molecular weight is 253 g/mol. The highest BCUT2D eigenvalue weighted by molar-refractivity contribution is 7.99. The number of hydrogen-bond acceptors (Lipinski definition) is 3. The molecule has 0 bridgehead atoms. The van der Waals surface area contributed by atoms with Crippen molar-refractivity contribution in [2.75, 3.05) is 18.1 Å². The summed E-state index contributed by atoms with van der Waals surface area (Å²) in [4.78, 5) is 0. The lowest BCUT2D eigenvalue weighted by molar-refractivity contribution is 0.443. The molecule has 1 N–H and O–H groups in total. The third-order valence-electron chi connectivity index (χ3n) is 3.27. The molecular formula is C13H23N3S. The summed E-state index contributed by atoms with van der Waals surface area (Å²) in [5.41, 5.74) is 1.16. The highest BCUT2D eigenvalue weighted by atomic mass is 32.2. The molecular weight excluding hydrogens is 230 g/mol. The van der Waals surface area contributed by atoms with E-state index in [0.29, 0.717) is 6.04 Å². The lowest BCUT2D eigenvalue weighted by Crippen LogP contribution is -2.25. The molecule has 3 nitrogen and oxygen atoms in total. The van der Waals surface area contributed by atoms with Gasteiger partial charge in [0.15, 0.2) is 0 Å². The van der Waals surface area contributed by atoms with Gasteiger partial charge in [-0.15, -0.1) is 0 Å². The van der Waals surface area contributed by atoms with Gasteiger partial charge < -0.3 is 5.32 Å². The number of rotatable bonds is 5. The van der Waals surface area contributed by atoms with Crippen molar-refractivity contribution in [3.8, 4) is 0 Å². The first-order chi connectivity index (χ1) is 8.25. The molecule has 1 aliphatic rings. The maximum atomic E-state index is 4.54. The summed E-state index contributed by atoms with van der Waals surface area (Å²) in [6.07, 6.45) is 4.81. The lowest BCUT2D eigenvalue weighted by atomic mass is 10.0. The van der Waals surface area contributed by atoms with E-state index in [2.05, 4.69) is 48.3 Å². The van der Waals surface area contributed by atoms with E-state index < -0.39 is 0 Å². The van der Waals surface area contributed by atoms with Crippen molar-refractivity contribution in [2.45, 2.75) is 39.3 Å². The van der Waals surface area contributed by atoms with Gasteiger partial charge in [0, 0.05) is 18.8 Å². The van der Waals surface area contributed by atoms with Crippen LogP contribution >= 0.6 is 11.8 Å². The second kappa shape index (κ2) is 6.45. The smallest absolute Gasteiger partial charge is 0.0762 e. The molecule has 4 heteroatoms. The van der Waals surface area contributed by atoms with E-state index in [-0.39, 0.29) is 0 Å². The van der Waals surface area contributed by atoms with E-state index in [1.54, 1.807) is 0 Å². The summed E-state index contributed by atoms with van der Waals surface area (Å²) in [7, 11) is 0. The minimum Gasteiger partial charge on any atom is -0.311 e. The first-order valence-corrected chi connectivity index (χ1v) is 7.73. The molecule has 0 unspecified atom stereocenters. The van der Waals surface area contributed by atoms with Crippen molar-refractivity contribution >= 4 is 11.8 Å². The minimum atomic E-state index is 0.458. The summed E-state index contributed by atoms with van der Waals surface area (Å²) in [6, 6.07) is 2.57. The van der Waals surface area contributed by atoms with E-state index >= 15 is 0 Å². The lowest BCUT2D eigenvalue weighted by Gasteiger charge is -2.21. The van der Waals surface area contributed by atoms with Crippen LogP contribution in [0.4, 0.5) is 0 Å². The van der Waals surface area contributed by atoms with Crippen LogP contribution in [0.15, 0.2) is 12.3 Å². The molecule has 0 spiro atoms. The van der Waals surface area contributed by atoms with Crippen molar-refractivity contribution in [1.29, 1.82) is 0 Å². The van der Waals surface area contributed by atoms with E-state index in [1.807, 2.05) is 4.68 Å². The van der Waals surface area contributed by atoms with Gasteiger partial charge >= 0.3 is 0 Å². The van der Waals surface area contributed by atoms with E-state index in [0.717, 1.165) is 24.7 Å². The van der Waals surface area contributed by atoms with E-state index in [1.165, 1.54) is 24.3 Å². The Hall–Kier alpha value is -0.480. The molecule has 0 atom stereocenters. The largest absolute Gasteiger partial charge is 0.311 e. The van der Waals surface area contributed by atoms with Gasteiger partial charge in [0.25, 0.3) is 0 Å². The Balaban J connectivity index is 1.70. The third kappa shape index (κ3) is 4.03. The van der Waals surface area contributed by atoms with Crippen LogP contribution in [0.25, 0.3) is 0 Å². The maximum Gasteiger partial charge on any atom is 0.0762 e. The molecule has 96 valence electrons. The summed E-state index contributed by atoms with van der Waals surface area (Å²) in [5, 5.41) is 8.08. The maximum absolute atomic E-state index is 4.54. The molecule has 1 aliphatic heterocycles. The van der Waals surface area contributed by atoms with Crippen LogP contribution in [0.1, 0.15) is 38.4 Å². The van der Waals surface area contributed by atoms with Gasteiger partial charge in [-0.2, -0.15) is 16.9 Å².